The number of rotatable bonds is 3. The molecule has 0 amide bonds. The van der Waals surface area contributed by atoms with Crippen LogP contribution in [0.3, 0.4) is 0 Å². The zero-order valence-corrected chi connectivity index (χ0v) is 14.7. The zero-order valence-electron chi connectivity index (χ0n) is 13.2. The molecule has 116 valence electrons. The highest BCUT2D eigenvalue weighted by atomic mass is 79.9. The topological polar surface area (TPSA) is 18.5 Å². The molecule has 2 nitrogen and oxygen atoms in total. The molecule has 3 heteroatoms. The molecule has 0 aliphatic heterocycles. The summed E-state index contributed by atoms with van der Waals surface area (Å²) < 4.78 is 10.5. The van der Waals surface area contributed by atoms with E-state index in [0.717, 1.165) is 39.9 Å². The van der Waals surface area contributed by atoms with Crippen molar-refractivity contribution in [2.75, 3.05) is 19.5 Å². The summed E-state index contributed by atoms with van der Waals surface area (Å²) in [5.41, 5.74) is 2.69. The lowest BCUT2D eigenvalue weighted by Crippen LogP contribution is -1.89. The number of ether oxygens (including phenoxy) is 2. The minimum Gasteiger partial charge on any atom is -0.497 e. The summed E-state index contributed by atoms with van der Waals surface area (Å²) in [7, 11) is 3.25. The van der Waals surface area contributed by atoms with Gasteiger partial charge in [0.1, 0.15) is 11.5 Å². The molecule has 0 radical (unpaired) electrons. The zero-order chi connectivity index (χ0) is 16.5. The Bertz CT molecular complexity index is 766. The molecule has 23 heavy (non-hydrogen) atoms. The maximum atomic E-state index is 5.26. The first-order valence-corrected chi connectivity index (χ1v) is 8.28. The van der Waals surface area contributed by atoms with Crippen LogP contribution in [-0.2, 0) is 0 Å². The van der Waals surface area contributed by atoms with Crippen LogP contribution in [-0.4, -0.2) is 19.5 Å². The summed E-state index contributed by atoms with van der Waals surface area (Å²) in [5.74, 6) is 14.1. The minimum atomic E-state index is 0.721. The number of halogens is 1. The van der Waals surface area contributed by atoms with Crippen LogP contribution >= 0.6 is 15.9 Å². The molecule has 0 fully saturated rings. The fourth-order valence-electron chi connectivity index (χ4n) is 1.93. The summed E-state index contributed by atoms with van der Waals surface area (Å²) in [5, 5.41) is 0.872. The Morgan fingerprint density at radius 2 is 1.48 bits per heavy atom. The quantitative estimate of drug-likeness (QED) is 0.595. The maximum Gasteiger partial charge on any atom is 0.123 e. The maximum absolute atomic E-state index is 5.26. The molecule has 2 aromatic carbocycles. The van der Waals surface area contributed by atoms with Gasteiger partial charge in [-0.25, -0.2) is 0 Å². The predicted octanol–water partition coefficient (Wildman–Crippen LogP) is 4.24. The smallest absolute Gasteiger partial charge is 0.123 e. The molecule has 0 saturated heterocycles. The van der Waals surface area contributed by atoms with E-state index >= 15 is 0 Å². The highest BCUT2D eigenvalue weighted by Crippen LogP contribution is 2.22. The Balaban J connectivity index is 2.34. The van der Waals surface area contributed by atoms with E-state index in [2.05, 4.69) is 39.6 Å². The van der Waals surface area contributed by atoms with Crippen molar-refractivity contribution >= 4 is 15.9 Å². The fraction of sp³-hybridized carbons (Fsp3) is 0.200. The Labute approximate surface area is 146 Å². The highest BCUT2D eigenvalue weighted by molar-refractivity contribution is 9.09. The molecule has 0 spiro atoms. The Hall–Kier alpha value is -2.36. The number of hydrogen-bond donors (Lipinski definition) is 0. The molecule has 0 aliphatic rings. The van der Waals surface area contributed by atoms with Gasteiger partial charge in [0.2, 0.25) is 0 Å². The van der Waals surface area contributed by atoms with Crippen molar-refractivity contribution in [3.8, 4) is 35.2 Å². The number of benzene rings is 2. The lowest BCUT2D eigenvalue weighted by Gasteiger charge is -2.04. The lowest BCUT2D eigenvalue weighted by atomic mass is 10.1. The molecule has 0 saturated carbocycles. The first-order valence-electron chi connectivity index (χ1n) is 7.15. The van der Waals surface area contributed by atoms with Crippen molar-refractivity contribution in [2.24, 2.45) is 0 Å². The van der Waals surface area contributed by atoms with Crippen LogP contribution in [0, 0.1) is 23.7 Å². The molecule has 0 bridgehead atoms. The van der Waals surface area contributed by atoms with Crippen molar-refractivity contribution in [3.63, 3.8) is 0 Å². The average molecular weight is 369 g/mol. The van der Waals surface area contributed by atoms with Crippen molar-refractivity contribution in [2.45, 2.75) is 6.42 Å². The van der Waals surface area contributed by atoms with Gasteiger partial charge in [0.25, 0.3) is 0 Å². The monoisotopic (exact) mass is 368 g/mol. The molecule has 0 unspecified atom stereocenters. The van der Waals surface area contributed by atoms with Crippen LogP contribution in [0.25, 0.3) is 0 Å². The van der Waals surface area contributed by atoms with Crippen LogP contribution in [0.1, 0.15) is 23.1 Å². The third-order valence-corrected chi connectivity index (χ3v) is 3.46. The Morgan fingerprint density at radius 1 is 0.870 bits per heavy atom. The molecule has 2 aromatic rings. The molecule has 0 aromatic heterocycles. The summed E-state index contributed by atoms with van der Waals surface area (Å²) in [4.78, 5) is 0. The van der Waals surface area contributed by atoms with Crippen LogP contribution in [0.5, 0.6) is 11.5 Å². The van der Waals surface area contributed by atoms with Gasteiger partial charge in [-0.3, -0.25) is 0 Å². The first kappa shape index (κ1) is 17.0. The molecule has 0 heterocycles. The van der Waals surface area contributed by atoms with E-state index in [1.165, 1.54) is 0 Å². The molecule has 0 aliphatic carbocycles. The van der Waals surface area contributed by atoms with Crippen LogP contribution in [0.15, 0.2) is 42.5 Å². The van der Waals surface area contributed by atoms with E-state index in [4.69, 9.17) is 9.47 Å². The van der Waals surface area contributed by atoms with E-state index in [0.29, 0.717) is 0 Å². The van der Waals surface area contributed by atoms with E-state index in [1.54, 1.807) is 14.2 Å². The van der Waals surface area contributed by atoms with E-state index in [1.807, 2.05) is 42.5 Å². The lowest BCUT2D eigenvalue weighted by molar-refractivity contribution is 0.394. The third kappa shape index (κ3) is 5.09. The summed E-state index contributed by atoms with van der Waals surface area (Å²) in [6, 6.07) is 13.5. The van der Waals surface area contributed by atoms with Gasteiger partial charge < -0.3 is 9.47 Å². The fourth-order valence-corrected chi connectivity index (χ4v) is 2.12. The second-order valence-electron chi connectivity index (χ2n) is 4.64. The molecular formula is C20H17BrO2. The van der Waals surface area contributed by atoms with E-state index < -0.39 is 0 Å². The Morgan fingerprint density at radius 3 is 2.04 bits per heavy atom. The van der Waals surface area contributed by atoms with Crippen LogP contribution in [0.4, 0.5) is 0 Å². The van der Waals surface area contributed by atoms with Gasteiger partial charge in [0, 0.05) is 34.5 Å². The largest absolute Gasteiger partial charge is 0.497 e. The van der Waals surface area contributed by atoms with E-state index in [-0.39, 0.29) is 0 Å². The van der Waals surface area contributed by atoms with Crippen molar-refractivity contribution in [1.82, 2.24) is 0 Å². The number of hydrogen-bond acceptors (Lipinski definition) is 2. The SMILES string of the molecule is COc1cc(C#Cc2ccccc2C#CCCBr)cc(OC)c1. The van der Waals surface area contributed by atoms with Gasteiger partial charge in [-0.2, -0.15) is 0 Å². The van der Waals surface area contributed by atoms with Crippen LogP contribution in [0.2, 0.25) is 0 Å². The van der Waals surface area contributed by atoms with Crippen molar-refractivity contribution in [3.05, 3.63) is 59.2 Å². The number of alkyl halides is 1. The summed E-state index contributed by atoms with van der Waals surface area (Å²) in [6.45, 7) is 0. The second-order valence-corrected chi connectivity index (χ2v) is 5.43. The standard InChI is InChI=1S/C20H17BrO2/c1-22-19-13-16(14-20(15-19)23-2)10-11-18-8-4-3-7-17(18)9-5-6-12-21/h3-4,7-8,13-15H,6,12H2,1-2H3. The van der Waals surface area contributed by atoms with Gasteiger partial charge in [0.15, 0.2) is 0 Å². The van der Waals surface area contributed by atoms with Gasteiger partial charge in [0.05, 0.1) is 14.2 Å². The van der Waals surface area contributed by atoms with E-state index in [9.17, 15) is 0 Å². The summed E-state index contributed by atoms with van der Waals surface area (Å²) in [6.07, 6.45) is 0.814. The van der Waals surface area contributed by atoms with Crippen molar-refractivity contribution in [1.29, 1.82) is 0 Å². The second kappa shape index (κ2) is 8.93. The third-order valence-electron chi connectivity index (χ3n) is 3.06. The first-order chi connectivity index (χ1) is 11.3. The van der Waals surface area contributed by atoms with Gasteiger partial charge >= 0.3 is 0 Å². The molecule has 0 atom stereocenters. The Kier molecular flexibility index (Phi) is 6.60. The van der Waals surface area contributed by atoms with Gasteiger partial charge in [-0.05, 0) is 24.3 Å². The molecule has 2 rings (SSSR count). The van der Waals surface area contributed by atoms with Gasteiger partial charge in [-0.15, -0.1) is 0 Å². The summed E-state index contributed by atoms with van der Waals surface area (Å²) >= 11 is 3.38. The average Bonchev–Trinajstić information content (AvgIpc) is 2.60. The number of methoxy groups -OCH3 is 2. The molecule has 0 N–H and O–H groups in total. The minimum absolute atomic E-state index is 0.721. The highest BCUT2D eigenvalue weighted by Gasteiger charge is 2.00. The van der Waals surface area contributed by atoms with Gasteiger partial charge in [-0.1, -0.05) is 51.7 Å². The molecular weight excluding hydrogens is 352 g/mol. The van der Waals surface area contributed by atoms with Crippen molar-refractivity contribution < 1.29 is 9.47 Å². The predicted molar refractivity (Wildman–Crippen MR) is 97.3 cm³/mol. The normalized spacial score (nSPS) is 9.17. The van der Waals surface area contributed by atoms with Crippen LogP contribution < -0.4 is 9.47 Å².